The van der Waals surface area contributed by atoms with E-state index in [1.165, 1.54) is 5.56 Å². The average molecular weight is 231 g/mol. The van der Waals surface area contributed by atoms with Crippen LogP contribution in [0, 0.1) is 0 Å². The van der Waals surface area contributed by atoms with Gasteiger partial charge in [-0.25, -0.2) is 4.68 Å². The van der Waals surface area contributed by atoms with Crippen molar-refractivity contribution in [1.82, 2.24) is 14.8 Å². The third-order valence-corrected chi connectivity index (χ3v) is 2.60. The van der Waals surface area contributed by atoms with Gasteiger partial charge in [0.05, 0.1) is 13.3 Å². The Balaban J connectivity index is 2.37. The van der Waals surface area contributed by atoms with Crippen molar-refractivity contribution in [1.29, 1.82) is 0 Å². The topological polar surface area (TPSA) is 39.9 Å². The zero-order chi connectivity index (χ0) is 12.5. The first-order valence-electron chi connectivity index (χ1n) is 5.57. The van der Waals surface area contributed by atoms with E-state index in [1.54, 1.807) is 11.8 Å². The minimum Gasteiger partial charge on any atom is -0.481 e. The normalized spacial score (nSPS) is 11.5. The molecular formula is C13H17N3O. The Hall–Kier alpha value is -1.84. The molecule has 17 heavy (non-hydrogen) atoms. The predicted octanol–water partition coefficient (Wildman–Crippen LogP) is 2.57. The molecule has 4 nitrogen and oxygen atoms in total. The van der Waals surface area contributed by atoms with E-state index >= 15 is 0 Å². The smallest absolute Gasteiger partial charge is 0.214 e. The van der Waals surface area contributed by atoms with Crippen molar-refractivity contribution in [3.8, 4) is 11.7 Å². The molecule has 0 saturated carbocycles. The van der Waals surface area contributed by atoms with Gasteiger partial charge in [-0.15, -0.1) is 0 Å². The number of methoxy groups -OCH3 is 1. The van der Waals surface area contributed by atoms with Crippen LogP contribution in [0.3, 0.4) is 0 Å². The Bertz CT molecular complexity index is 511. The lowest BCUT2D eigenvalue weighted by molar-refractivity contribution is 0.397. The zero-order valence-electron chi connectivity index (χ0n) is 10.6. The molecule has 4 heteroatoms. The first-order chi connectivity index (χ1) is 8.00. The van der Waals surface area contributed by atoms with E-state index in [-0.39, 0.29) is 5.41 Å². The molecule has 0 N–H and O–H groups in total. The fourth-order valence-electron chi connectivity index (χ4n) is 1.48. The van der Waals surface area contributed by atoms with Crippen LogP contribution >= 0.6 is 0 Å². The Kier molecular flexibility index (Phi) is 2.88. The largest absolute Gasteiger partial charge is 0.481 e. The van der Waals surface area contributed by atoms with Gasteiger partial charge in [0.1, 0.15) is 0 Å². The SMILES string of the molecule is COc1cccc(-n2cc(C(C)(C)C)cn2)n1. The van der Waals surface area contributed by atoms with Gasteiger partial charge in [-0.2, -0.15) is 10.1 Å². The summed E-state index contributed by atoms with van der Waals surface area (Å²) in [5.41, 5.74) is 1.28. The first kappa shape index (κ1) is 11.6. The molecule has 0 bridgehead atoms. The molecule has 0 fully saturated rings. The average Bonchev–Trinajstić information content (AvgIpc) is 2.78. The second-order valence-electron chi connectivity index (χ2n) is 4.96. The van der Waals surface area contributed by atoms with Crippen LogP contribution in [-0.4, -0.2) is 21.9 Å². The fraction of sp³-hybridized carbons (Fsp3) is 0.385. The third kappa shape index (κ3) is 2.46. The quantitative estimate of drug-likeness (QED) is 0.797. The Labute approximate surface area is 101 Å². The van der Waals surface area contributed by atoms with Crippen LogP contribution in [0.15, 0.2) is 30.6 Å². The molecule has 0 spiro atoms. The van der Waals surface area contributed by atoms with Crippen molar-refractivity contribution in [2.45, 2.75) is 26.2 Å². The van der Waals surface area contributed by atoms with Crippen LogP contribution in [0.2, 0.25) is 0 Å². The van der Waals surface area contributed by atoms with E-state index in [9.17, 15) is 0 Å². The van der Waals surface area contributed by atoms with Gasteiger partial charge in [0.2, 0.25) is 5.88 Å². The number of pyridine rings is 1. The fourth-order valence-corrected chi connectivity index (χ4v) is 1.48. The molecule has 0 saturated heterocycles. The number of rotatable bonds is 2. The van der Waals surface area contributed by atoms with Crippen LogP contribution in [0.25, 0.3) is 5.82 Å². The Morgan fingerprint density at radius 3 is 2.59 bits per heavy atom. The second-order valence-corrected chi connectivity index (χ2v) is 4.96. The van der Waals surface area contributed by atoms with Crippen LogP contribution < -0.4 is 4.74 Å². The van der Waals surface area contributed by atoms with E-state index < -0.39 is 0 Å². The lowest BCUT2D eigenvalue weighted by atomic mass is 9.90. The molecule has 90 valence electrons. The molecule has 0 amide bonds. The van der Waals surface area contributed by atoms with Crippen LogP contribution in [0.5, 0.6) is 5.88 Å². The van der Waals surface area contributed by atoms with Crippen molar-refractivity contribution in [3.05, 3.63) is 36.2 Å². The summed E-state index contributed by atoms with van der Waals surface area (Å²) in [4.78, 5) is 4.34. The molecule has 0 unspecified atom stereocenters. The number of aromatic nitrogens is 3. The van der Waals surface area contributed by atoms with Crippen LogP contribution in [0.4, 0.5) is 0 Å². The minimum atomic E-state index is 0.0944. The van der Waals surface area contributed by atoms with E-state index in [1.807, 2.05) is 30.6 Å². The summed E-state index contributed by atoms with van der Waals surface area (Å²) in [5, 5.41) is 4.33. The molecular weight excluding hydrogens is 214 g/mol. The zero-order valence-corrected chi connectivity index (χ0v) is 10.6. The summed E-state index contributed by atoms with van der Waals surface area (Å²) in [6, 6.07) is 5.62. The van der Waals surface area contributed by atoms with E-state index in [0.717, 1.165) is 5.82 Å². The predicted molar refractivity (Wildman–Crippen MR) is 66.6 cm³/mol. The third-order valence-electron chi connectivity index (χ3n) is 2.60. The summed E-state index contributed by atoms with van der Waals surface area (Å²) in [6.45, 7) is 6.48. The van der Waals surface area contributed by atoms with Crippen molar-refractivity contribution in [2.75, 3.05) is 7.11 Å². The maximum atomic E-state index is 5.10. The van der Waals surface area contributed by atoms with Crippen LogP contribution in [0.1, 0.15) is 26.3 Å². The molecule has 0 aliphatic rings. The second kappa shape index (κ2) is 4.20. The van der Waals surface area contributed by atoms with Crippen molar-refractivity contribution < 1.29 is 4.74 Å². The van der Waals surface area contributed by atoms with E-state index in [4.69, 9.17) is 4.74 Å². The van der Waals surface area contributed by atoms with Crippen molar-refractivity contribution in [3.63, 3.8) is 0 Å². The molecule has 0 aromatic carbocycles. The van der Waals surface area contributed by atoms with Gasteiger partial charge in [0.15, 0.2) is 5.82 Å². The van der Waals surface area contributed by atoms with Gasteiger partial charge in [0.25, 0.3) is 0 Å². The van der Waals surface area contributed by atoms with E-state index in [2.05, 4.69) is 30.9 Å². The highest BCUT2D eigenvalue weighted by atomic mass is 16.5. The molecule has 2 heterocycles. The molecule has 2 rings (SSSR count). The molecule has 0 aliphatic carbocycles. The summed E-state index contributed by atoms with van der Waals surface area (Å²) in [7, 11) is 1.61. The summed E-state index contributed by atoms with van der Waals surface area (Å²) >= 11 is 0. The van der Waals surface area contributed by atoms with Gasteiger partial charge in [-0.05, 0) is 17.0 Å². The van der Waals surface area contributed by atoms with Crippen LogP contribution in [-0.2, 0) is 5.41 Å². The summed E-state index contributed by atoms with van der Waals surface area (Å²) < 4.78 is 6.87. The highest BCUT2D eigenvalue weighted by molar-refractivity contribution is 5.28. The molecule has 0 aliphatic heterocycles. The molecule has 0 atom stereocenters. The standard InChI is InChI=1S/C13H17N3O/c1-13(2,3)10-8-14-16(9-10)11-6-5-7-12(15-11)17-4/h5-9H,1-4H3. The highest BCUT2D eigenvalue weighted by Crippen LogP contribution is 2.22. The van der Waals surface area contributed by atoms with Gasteiger partial charge in [-0.3, -0.25) is 0 Å². The van der Waals surface area contributed by atoms with Gasteiger partial charge in [-0.1, -0.05) is 26.8 Å². The van der Waals surface area contributed by atoms with Crippen molar-refractivity contribution >= 4 is 0 Å². The maximum absolute atomic E-state index is 5.10. The minimum absolute atomic E-state index is 0.0944. The van der Waals surface area contributed by atoms with Crippen molar-refractivity contribution in [2.24, 2.45) is 0 Å². The highest BCUT2D eigenvalue weighted by Gasteiger charge is 2.16. The molecule has 0 radical (unpaired) electrons. The van der Waals surface area contributed by atoms with E-state index in [0.29, 0.717) is 5.88 Å². The number of hydrogen-bond donors (Lipinski definition) is 0. The molecule has 2 aromatic heterocycles. The summed E-state index contributed by atoms with van der Waals surface area (Å²) in [5.74, 6) is 1.36. The Morgan fingerprint density at radius 2 is 2.00 bits per heavy atom. The van der Waals surface area contributed by atoms with Gasteiger partial charge in [0, 0.05) is 12.3 Å². The number of hydrogen-bond acceptors (Lipinski definition) is 3. The monoisotopic (exact) mass is 231 g/mol. The van der Waals surface area contributed by atoms with Gasteiger partial charge < -0.3 is 4.74 Å². The lowest BCUT2D eigenvalue weighted by Gasteiger charge is -2.14. The summed E-state index contributed by atoms with van der Waals surface area (Å²) in [6.07, 6.45) is 3.88. The van der Waals surface area contributed by atoms with Gasteiger partial charge >= 0.3 is 0 Å². The first-order valence-corrected chi connectivity index (χ1v) is 5.57. The lowest BCUT2D eigenvalue weighted by Crippen LogP contribution is -2.09. The number of nitrogens with zero attached hydrogens (tertiary/aromatic N) is 3. The maximum Gasteiger partial charge on any atom is 0.214 e. The number of ether oxygens (including phenoxy) is 1. The Morgan fingerprint density at radius 1 is 1.24 bits per heavy atom. The molecule has 2 aromatic rings.